The first-order valence-corrected chi connectivity index (χ1v) is 12.2. The van der Waals surface area contributed by atoms with Crippen molar-refractivity contribution in [2.75, 3.05) is 18.5 Å². The summed E-state index contributed by atoms with van der Waals surface area (Å²) < 4.78 is 49.3. The number of aliphatic hydroxyl groups is 2. The molecule has 0 bridgehead atoms. The van der Waals surface area contributed by atoms with E-state index in [9.17, 15) is 23.1 Å². The van der Waals surface area contributed by atoms with Gasteiger partial charge in [0.15, 0.2) is 11.6 Å². The summed E-state index contributed by atoms with van der Waals surface area (Å²) in [5.41, 5.74) is 4.58. The van der Waals surface area contributed by atoms with Crippen LogP contribution in [-0.2, 0) is 0 Å². The van der Waals surface area contributed by atoms with Crippen LogP contribution in [0.5, 0.6) is 5.75 Å². The number of carbonyl (C=O) groups is 1. The molecule has 38 heavy (non-hydrogen) atoms. The molecule has 3 aromatic rings. The fourth-order valence-corrected chi connectivity index (χ4v) is 4.74. The minimum absolute atomic E-state index is 0.0693. The lowest BCUT2D eigenvalue weighted by Crippen LogP contribution is -2.54. The third-order valence-corrected chi connectivity index (χ3v) is 7.19. The normalized spacial score (nSPS) is 23.2. The van der Waals surface area contributed by atoms with Gasteiger partial charge in [-0.25, -0.2) is 18.2 Å². The van der Waals surface area contributed by atoms with Crippen molar-refractivity contribution < 1.29 is 32.9 Å². The average Bonchev–Trinajstić information content (AvgIpc) is 2.88. The summed E-state index contributed by atoms with van der Waals surface area (Å²) >= 11 is 0. The van der Waals surface area contributed by atoms with E-state index in [-0.39, 0.29) is 24.1 Å². The largest absolute Gasteiger partial charge is 0.488 e. The Kier molecular flexibility index (Phi) is 8.00. The van der Waals surface area contributed by atoms with E-state index in [1.54, 1.807) is 19.2 Å². The summed E-state index contributed by atoms with van der Waals surface area (Å²) in [6, 6.07) is 5.17. The number of benzene rings is 1. The number of ether oxygens (including phenoxy) is 1. The molecule has 0 unspecified atom stereocenters. The van der Waals surface area contributed by atoms with Crippen LogP contribution in [-0.4, -0.2) is 50.9 Å². The second-order valence-electron chi connectivity index (χ2n) is 9.65. The van der Waals surface area contributed by atoms with Crippen molar-refractivity contribution in [3.63, 3.8) is 0 Å². The molecule has 202 valence electrons. The highest BCUT2D eigenvalue weighted by Crippen LogP contribution is 2.43. The number of hydrogen-bond acceptors (Lipinski definition) is 7. The van der Waals surface area contributed by atoms with Gasteiger partial charge in [-0.2, -0.15) is 0 Å². The number of carbonyl (C=O) groups excluding carboxylic acids is 1. The number of anilines is 1. The first-order chi connectivity index (χ1) is 18.0. The number of aliphatic hydroxyl groups excluding tert-OH is 1. The van der Waals surface area contributed by atoms with Crippen LogP contribution in [0.4, 0.5) is 18.9 Å². The molecule has 0 spiro atoms. The summed E-state index contributed by atoms with van der Waals surface area (Å²) in [6.07, 6.45) is 4.15. The number of nitrogens with zero attached hydrogens (tertiary/aromatic N) is 2. The van der Waals surface area contributed by atoms with Crippen LogP contribution >= 0.6 is 0 Å². The Morgan fingerprint density at radius 2 is 1.92 bits per heavy atom. The third kappa shape index (κ3) is 5.35. The Balaban J connectivity index is 1.64. The number of aromatic nitrogens is 2. The Hall–Kier alpha value is -3.54. The van der Waals surface area contributed by atoms with Gasteiger partial charge in [-0.05, 0) is 67.5 Å². The monoisotopic (exact) mass is 530 g/mol. The summed E-state index contributed by atoms with van der Waals surface area (Å²) in [6.45, 7) is 2.97. The number of halogens is 3. The molecular weight excluding hydrogens is 501 g/mol. The van der Waals surface area contributed by atoms with Crippen molar-refractivity contribution >= 4 is 11.6 Å². The zero-order chi connectivity index (χ0) is 27.6. The zero-order valence-corrected chi connectivity index (χ0v) is 20.9. The lowest BCUT2D eigenvalue weighted by molar-refractivity contribution is -0.0463. The molecule has 1 aliphatic rings. The van der Waals surface area contributed by atoms with E-state index in [1.807, 2.05) is 6.92 Å². The second kappa shape index (κ2) is 11.1. The smallest absolute Gasteiger partial charge is 0.274 e. The van der Waals surface area contributed by atoms with Gasteiger partial charge in [0.2, 0.25) is 0 Å². The van der Waals surface area contributed by atoms with Gasteiger partial charge in [-0.15, -0.1) is 0 Å². The van der Waals surface area contributed by atoms with Crippen molar-refractivity contribution in [1.82, 2.24) is 9.97 Å². The van der Waals surface area contributed by atoms with Crippen LogP contribution < -0.4 is 15.8 Å². The van der Waals surface area contributed by atoms with E-state index >= 15 is 0 Å². The predicted octanol–water partition coefficient (Wildman–Crippen LogP) is 3.78. The highest BCUT2D eigenvalue weighted by Gasteiger charge is 2.42. The van der Waals surface area contributed by atoms with Gasteiger partial charge in [0.25, 0.3) is 5.91 Å². The topological polar surface area (TPSA) is 131 Å². The SMILES string of the molecule is C[C@H]1C[C@@H](c2ccncc2NC(=O)c2ccc(F)c(-c3c(F)ccc(OCCO)c3F)n2)C[C@@H](N)[C@]1(C)O. The van der Waals surface area contributed by atoms with Crippen LogP contribution in [0.2, 0.25) is 0 Å². The number of rotatable bonds is 7. The minimum atomic E-state index is -1.21. The van der Waals surface area contributed by atoms with Gasteiger partial charge in [-0.1, -0.05) is 6.92 Å². The molecule has 1 amide bonds. The molecule has 5 N–H and O–H groups in total. The van der Waals surface area contributed by atoms with E-state index in [2.05, 4.69) is 15.3 Å². The fourth-order valence-electron chi connectivity index (χ4n) is 4.74. The number of pyridine rings is 2. The van der Waals surface area contributed by atoms with E-state index < -0.39 is 58.6 Å². The van der Waals surface area contributed by atoms with Crippen molar-refractivity contribution in [3.05, 3.63) is 71.4 Å². The van der Waals surface area contributed by atoms with E-state index in [0.717, 1.165) is 29.8 Å². The molecular formula is C27H29F3N4O4. The maximum Gasteiger partial charge on any atom is 0.274 e. The van der Waals surface area contributed by atoms with Gasteiger partial charge in [0.05, 0.1) is 29.7 Å². The first-order valence-electron chi connectivity index (χ1n) is 12.2. The quantitative estimate of drug-likeness (QED) is 0.366. The van der Waals surface area contributed by atoms with Crippen LogP contribution in [0, 0.1) is 23.4 Å². The molecule has 1 saturated carbocycles. The Bertz CT molecular complexity index is 1320. The lowest BCUT2D eigenvalue weighted by atomic mass is 9.68. The van der Waals surface area contributed by atoms with Crippen molar-refractivity contribution in [2.24, 2.45) is 11.7 Å². The predicted molar refractivity (Wildman–Crippen MR) is 134 cm³/mol. The molecule has 2 heterocycles. The Labute approximate surface area is 217 Å². The molecule has 0 saturated heterocycles. The number of hydrogen-bond donors (Lipinski definition) is 4. The first kappa shape index (κ1) is 27.5. The maximum absolute atomic E-state index is 15.0. The van der Waals surface area contributed by atoms with Gasteiger partial charge >= 0.3 is 0 Å². The molecule has 1 fully saturated rings. The summed E-state index contributed by atoms with van der Waals surface area (Å²) in [5, 5.41) is 22.3. The summed E-state index contributed by atoms with van der Waals surface area (Å²) in [5.74, 6) is -4.67. The Morgan fingerprint density at radius 3 is 2.63 bits per heavy atom. The molecule has 2 aromatic heterocycles. The van der Waals surface area contributed by atoms with Crippen LogP contribution in [0.3, 0.4) is 0 Å². The second-order valence-corrected chi connectivity index (χ2v) is 9.65. The van der Waals surface area contributed by atoms with Gasteiger partial charge in [-0.3, -0.25) is 9.78 Å². The zero-order valence-electron chi connectivity index (χ0n) is 20.9. The molecule has 0 aliphatic heterocycles. The molecule has 1 aliphatic carbocycles. The number of amides is 1. The van der Waals surface area contributed by atoms with E-state index in [1.165, 1.54) is 6.20 Å². The molecule has 8 nitrogen and oxygen atoms in total. The molecule has 1 aromatic carbocycles. The number of nitrogens with two attached hydrogens (primary N) is 1. The van der Waals surface area contributed by atoms with Crippen LogP contribution in [0.15, 0.2) is 42.7 Å². The molecule has 11 heteroatoms. The van der Waals surface area contributed by atoms with Crippen molar-refractivity contribution in [3.8, 4) is 17.0 Å². The molecule has 4 rings (SSSR count). The maximum atomic E-state index is 15.0. The molecule has 4 atom stereocenters. The average molecular weight is 531 g/mol. The van der Waals surface area contributed by atoms with Gasteiger partial charge < -0.3 is 26.0 Å². The minimum Gasteiger partial charge on any atom is -0.488 e. The van der Waals surface area contributed by atoms with Crippen molar-refractivity contribution in [2.45, 2.75) is 44.2 Å². The van der Waals surface area contributed by atoms with E-state index in [4.69, 9.17) is 15.6 Å². The van der Waals surface area contributed by atoms with Crippen LogP contribution in [0.25, 0.3) is 11.3 Å². The van der Waals surface area contributed by atoms with E-state index in [0.29, 0.717) is 18.5 Å². The highest BCUT2D eigenvalue weighted by atomic mass is 19.1. The molecule has 0 radical (unpaired) electrons. The van der Waals surface area contributed by atoms with Crippen molar-refractivity contribution in [1.29, 1.82) is 0 Å². The lowest BCUT2D eigenvalue weighted by Gasteiger charge is -2.44. The van der Waals surface area contributed by atoms with Gasteiger partial charge in [0, 0.05) is 12.2 Å². The third-order valence-electron chi connectivity index (χ3n) is 7.19. The van der Waals surface area contributed by atoms with Gasteiger partial charge in [0.1, 0.15) is 29.6 Å². The number of nitrogens with one attached hydrogen (secondary N) is 1. The standard InChI is InChI=1S/C27H29F3N4O4/c1-14-11-15(12-22(31)27(14,2)37)16-7-8-32-13-20(16)34-26(36)19-5-3-18(29)25(33-19)23-17(28)4-6-21(24(23)30)38-10-9-35/h3-8,13-15,22,35,37H,9-12,31H2,1-2H3,(H,34,36)/t14-,15+,22+,27+/m0/s1. The highest BCUT2D eigenvalue weighted by molar-refractivity contribution is 6.03. The van der Waals surface area contributed by atoms with Crippen LogP contribution in [0.1, 0.15) is 48.7 Å². The Morgan fingerprint density at radius 1 is 1.18 bits per heavy atom. The summed E-state index contributed by atoms with van der Waals surface area (Å²) in [4.78, 5) is 21.1. The fraction of sp³-hybridized carbons (Fsp3) is 0.370. The summed E-state index contributed by atoms with van der Waals surface area (Å²) in [7, 11) is 0.